The lowest BCUT2D eigenvalue weighted by Crippen LogP contribution is -2.28. The molecule has 1 amide bonds. The summed E-state index contributed by atoms with van der Waals surface area (Å²) < 4.78 is 5.45. The summed E-state index contributed by atoms with van der Waals surface area (Å²) in [6.45, 7) is 0.765. The molecule has 5 nitrogen and oxygen atoms in total. The molecule has 0 saturated carbocycles. The zero-order valence-corrected chi connectivity index (χ0v) is 10.7. The molecule has 0 spiro atoms. The van der Waals surface area contributed by atoms with Crippen molar-refractivity contribution in [3.8, 4) is 11.8 Å². The normalized spacial score (nSPS) is 9.55. The second-order valence-electron chi connectivity index (χ2n) is 3.96. The number of carbonyl (C=O) groups is 1. The van der Waals surface area contributed by atoms with Crippen molar-refractivity contribution in [1.29, 1.82) is 5.26 Å². The molecule has 1 N–H and O–H groups in total. The minimum Gasteiger partial charge on any atom is -0.492 e. The fourth-order valence-corrected chi connectivity index (χ4v) is 1.54. The van der Waals surface area contributed by atoms with Gasteiger partial charge in [-0.25, -0.2) is 4.98 Å². The highest BCUT2D eigenvalue weighted by Crippen LogP contribution is 2.07. The van der Waals surface area contributed by atoms with E-state index in [2.05, 4.69) is 10.3 Å². The van der Waals surface area contributed by atoms with Gasteiger partial charge in [0.15, 0.2) is 0 Å². The van der Waals surface area contributed by atoms with Crippen LogP contribution in [0.4, 0.5) is 0 Å². The van der Waals surface area contributed by atoms with Crippen molar-refractivity contribution in [3.05, 3.63) is 59.9 Å². The van der Waals surface area contributed by atoms with Crippen molar-refractivity contribution in [2.24, 2.45) is 0 Å². The standard InChI is InChI=1S/C15H13N3O2/c16-10-12-6-7-14(18-11-12)15(19)17-8-9-20-13-4-2-1-3-5-13/h1-7,11H,8-9H2,(H,17,19). The van der Waals surface area contributed by atoms with Crippen LogP contribution in [0, 0.1) is 11.3 Å². The number of pyridine rings is 1. The maximum atomic E-state index is 11.7. The first-order chi connectivity index (χ1) is 9.79. The lowest BCUT2D eigenvalue weighted by molar-refractivity contribution is 0.0942. The Hall–Kier alpha value is -2.87. The Morgan fingerprint density at radius 1 is 1.25 bits per heavy atom. The van der Waals surface area contributed by atoms with Crippen LogP contribution in [0.25, 0.3) is 0 Å². The number of aromatic nitrogens is 1. The molecule has 0 bridgehead atoms. The molecule has 1 heterocycles. The van der Waals surface area contributed by atoms with Gasteiger partial charge in [0.1, 0.15) is 24.1 Å². The Labute approximate surface area is 116 Å². The van der Waals surface area contributed by atoms with E-state index in [0.29, 0.717) is 18.7 Å². The summed E-state index contributed by atoms with van der Waals surface area (Å²) in [6, 6.07) is 14.4. The van der Waals surface area contributed by atoms with E-state index in [-0.39, 0.29) is 11.6 Å². The molecule has 0 radical (unpaired) electrons. The molecule has 0 aliphatic carbocycles. The van der Waals surface area contributed by atoms with E-state index in [1.54, 1.807) is 6.07 Å². The van der Waals surface area contributed by atoms with Gasteiger partial charge in [-0.3, -0.25) is 4.79 Å². The Morgan fingerprint density at radius 2 is 2.05 bits per heavy atom. The number of hydrogen-bond donors (Lipinski definition) is 1. The summed E-state index contributed by atoms with van der Waals surface area (Å²) in [6.07, 6.45) is 1.37. The fourth-order valence-electron chi connectivity index (χ4n) is 1.54. The minimum absolute atomic E-state index is 0.281. The highest BCUT2D eigenvalue weighted by molar-refractivity contribution is 5.92. The van der Waals surface area contributed by atoms with Crippen LogP contribution < -0.4 is 10.1 Å². The molecule has 0 aliphatic heterocycles. The number of hydrogen-bond acceptors (Lipinski definition) is 4. The number of carbonyl (C=O) groups excluding carboxylic acids is 1. The van der Waals surface area contributed by atoms with Gasteiger partial charge in [0.05, 0.1) is 12.1 Å². The maximum Gasteiger partial charge on any atom is 0.269 e. The molecular formula is C15H13N3O2. The first-order valence-corrected chi connectivity index (χ1v) is 6.12. The van der Waals surface area contributed by atoms with Gasteiger partial charge in [-0.05, 0) is 24.3 Å². The van der Waals surface area contributed by atoms with Gasteiger partial charge in [-0.1, -0.05) is 18.2 Å². The number of benzene rings is 1. The van der Waals surface area contributed by atoms with Crippen molar-refractivity contribution in [2.45, 2.75) is 0 Å². The average molecular weight is 267 g/mol. The fraction of sp³-hybridized carbons (Fsp3) is 0.133. The summed E-state index contributed by atoms with van der Waals surface area (Å²) in [7, 11) is 0. The second kappa shape index (κ2) is 6.90. The van der Waals surface area contributed by atoms with E-state index in [4.69, 9.17) is 10.00 Å². The van der Waals surface area contributed by atoms with Crippen LogP contribution in [0.2, 0.25) is 0 Å². The molecule has 0 atom stereocenters. The van der Waals surface area contributed by atoms with Gasteiger partial charge in [0.25, 0.3) is 5.91 Å². The zero-order chi connectivity index (χ0) is 14.2. The van der Waals surface area contributed by atoms with E-state index < -0.39 is 0 Å². The first-order valence-electron chi connectivity index (χ1n) is 6.12. The van der Waals surface area contributed by atoms with Crippen LogP contribution >= 0.6 is 0 Å². The molecule has 0 saturated heterocycles. The van der Waals surface area contributed by atoms with Crippen molar-refractivity contribution in [1.82, 2.24) is 10.3 Å². The van der Waals surface area contributed by atoms with Gasteiger partial charge in [0.2, 0.25) is 0 Å². The molecule has 1 aromatic carbocycles. The third-order valence-electron chi connectivity index (χ3n) is 2.52. The van der Waals surface area contributed by atoms with Crippen LogP contribution in [0.1, 0.15) is 16.1 Å². The van der Waals surface area contributed by atoms with Gasteiger partial charge < -0.3 is 10.1 Å². The van der Waals surface area contributed by atoms with Crippen LogP contribution in [0.3, 0.4) is 0 Å². The lowest BCUT2D eigenvalue weighted by Gasteiger charge is -2.07. The summed E-state index contributed by atoms with van der Waals surface area (Å²) in [5.74, 6) is 0.476. The highest BCUT2D eigenvalue weighted by Gasteiger charge is 2.06. The number of nitrogens with zero attached hydrogens (tertiary/aromatic N) is 2. The topological polar surface area (TPSA) is 75.0 Å². The third kappa shape index (κ3) is 3.82. The maximum absolute atomic E-state index is 11.7. The summed E-state index contributed by atoms with van der Waals surface area (Å²) in [5.41, 5.74) is 0.706. The summed E-state index contributed by atoms with van der Waals surface area (Å²) in [5, 5.41) is 11.3. The van der Waals surface area contributed by atoms with Gasteiger partial charge in [-0.2, -0.15) is 5.26 Å². The molecule has 0 fully saturated rings. The monoisotopic (exact) mass is 267 g/mol. The van der Waals surface area contributed by atoms with Crippen molar-refractivity contribution in [2.75, 3.05) is 13.2 Å². The molecule has 2 aromatic rings. The molecule has 100 valence electrons. The predicted octanol–water partition coefficient (Wildman–Crippen LogP) is 1.76. The quantitative estimate of drug-likeness (QED) is 0.838. The van der Waals surface area contributed by atoms with Crippen molar-refractivity contribution < 1.29 is 9.53 Å². The van der Waals surface area contributed by atoms with E-state index in [0.717, 1.165) is 5.75 Å². The molecular weight excluding hydrogens is 254 g/mol. The molecule has 0 unspecified atom stereocenters. The number of ether oxygens (including phenoxy) is 1. The van der Waals surface area contributed by atoms with Crippen LogP contribution in [-0.2, 0) is 0 Å². The van der Waals surface area contributed by atoms with Crippen LogP contribution in [-0.4, -0.2) is 24.0 Å². The number of para-hydroxylation sites is 1. The lowest BCUT2D eigenvalue weighted by atomic mass is 10.2. The Kier molecular flexibility index (Phi) is 4.68. The zero-order valence-electron chi connectivity index (χ0n) is 10.7. The predicted molar refractivity (Wildman–Crippen MR) is 73.2 cm³/mol. The smallest absolute Gasteiger partial charge is 0.269 e. The summed E-state index contributed by atoms with van der Waals surface area (Å²) in [4.78, 5) is 15.7. The number of rotatable bonds is 5. The van der Waals surface area contributed by atoms with Crippen molar-refractivity contribution in [3.63, 3.8) is 0 Å². The number of nitrogens with one attached hydrogen (secondary N) is 1. The average Bonchev–Trinajstić information content (AvgIpc) is 2.52. The Balaban J connectivity index is 1.76. The van der Waals surface area contributed by atoms with Crippen LogP contribution in [0.5, 0.6) is 5.75 Å². The van der Waals surface area contributed by atoms with E-state index >= 15 is 0 Å². The second-order valence-corrected chi connectivity index (χ2v) is 3.96. The Morgan fingerprint density at radius 3 is 2.70 bits per heavy atom. The van der Waals surface area contributed by atoms with Crippen LogP contribution in [0.15, 0.2) is 48.7 Å². The van der Waals surface area contributed by atoms with Gasteiger partial charge >= 0.3 is 0 Å². The molecule has 0 aliphatic rings. The number of amides is 1. The SMILES string of the molecule is N#Cc1ccc(C(=O)NCCOc2ccccc2)nc1. The van der Waals surface area contributed by atoms with Gasteiger partial charge in [-0.15, -0.1) is 0 Å². The summed E-state index contributed by atoms with van der Waals surface area (Å²) >= 11 is 0. The Bertz CT molecular complexity index is 603. The molecule has 1 aromatic heterocycles. The van der Waals surface area contributed by atoms with Crippen molar-refractivity contribution >= 4 is 5.91 Å². The highest BCUT2D eigenvalue weighted by atomic mass is 16.5. The molecule has 20 heavy (non-hydrogen) atoms. The molecule has 5 heteroatoms. The molecule has 2 rings (SSSR count). The van der Waals surface area contributed by atoms with E-state index in [1.807, 2.05) is 36.4 Å². The first kappa shape index (κ1) is 13.6. The van der Waals surface area contributed by atoms with E-state index in [1.165, 1.54) is 12.3 Å². The number of nitriles is 1. The minimum atomic E-state index is -0.286. The van der Waals surface area contributed by atoms with Gasteiger partial charge in [0, 0.05) is 6.20 Å². The largest absolute Gasteiger partial charge is 0.492 e. The third-order valence-corrected chi connectivity index (χ3v) is 2.52. The van der Waals surface area contributed by atoms with E-state index in [9.17, 15) is 4.79 Å².